The van der Waals surface area contributed by atoms with E-state index >= 15 is 0 Å². The first kappa shape index (κ1) is 20.9. The minimum Gasteiger partial charge on any atom is -0.357 e. The third kappa shape index (κ3) is 5.43. The van der Waals surface area contributed by atoms with E-state index in [1.165, 1.54) is 18.4 Å². The van der Waals surface area contributed by atoms with Crippen molar-refractivity contribution in [3.8, 4) is 0 Å². The van der Waals surface area contributed by atoms with Gasteiger partial charge in [-0.1, -0.05) is 60.7 Å². The van der Waals surface area contributed by atoms with Crippen LogP contribution in [-0.2, 0) is 18.5 Å². The van der Waals surface area contributed by atoms with Crippen molar-refractivity contribution in [2.24, 2.45) is 4.99 Å². The molecule has 31 heavy (non-hydrogen) atoms. The molecule has 1 aliphatic carbocycles. The predicted molar refractivity (Wildman–Crippen MR) is 126 cm³/mol. The van der Waals surface area contributed by atoms with Crippen LogP contribution < -0.4 is 16.2 Å². The normalized spacial score (nSPS) is 14.8. The molecule has 1 fully saturated rings. The lowest BCUT2D eigenvalue weighted by Crippen LogP contribution is -2.41. The monoisotopic (exact) mass is 414 g/mol. The number of nitrogens with one attached hydrogen (secondary N) is 2. The van der Waals surface area contributed by atoms with Crippen LogP contribution in [0.2, 0.25) is 0 Å². The molecule has 0 aliphatic heterocycles. The molecule has 160 valence electrons. The van der Waals surface area contributed by atoms with Crippen molar-refractivity contribution in [3.63, 3.8) is 0 Å². The molecule has 1 aliphatic rings. The maximum atomic E-state index is 11.9. The molecule has 1 aromatic heterocycles. The van der Waals surface area contributed by atoms with Crippen molar-refractivity contribution >= 4 is 5.96 Å². The van der Waals surface area contributed by atoms with Gasteiger partial charge in [0, 0.05) is 30.8 Å². The van der Waals surface area contributed by atoms with Gasteiger partial charge in [-0.05, 0) is 42.5 Å². The van der Waals surface area contributed by atoms with Gasteiger partial charge in [-0.2, -0.15) is 0 Å². The Balaban J connectivity index is 1.36. The van der Waals surface area contributed by atoms with E-state index in [4.69, 9.17) is 4.99 Å². The SMILES string of the molecule is CCNC(=NCc1ccc(Cn2ccccc2=O)cc1)NCC1(c2ccccc2)CC1. The van der Waals surface area contributed by atoms with Crippen LogP contribution in [0.15, 0.2) is 88.8 Å². The van der Waals surface area contributed by atoms with Crippen molar-refractivity contribution in [3.05, 3.63) is 106 Å². The molecule has 1 heterocycles. The van der Waals surface area contributed by atoms with Crippen LogP contribution in [0, 0.1) is 0 Å². The van der Waals surface area contributed by atoms with Crippen molar-refractivity contribution < 1.29 is 0 Å². The van der Waals surface area contributed by atoms with E-state index < -0.39 is 0 Å². The van der Waals surface area contributed by atoms with Gasteiger partial charge in [-0.15, -0.1) is 0 Å². The molecule has 1 saturated carbocycles. The van der Waals surface area contributed by atoms with E-state index in [2.05, 4.69) is 72.2 Å². The quantitative estimate of drug-likeness (QED) is 0.437. The lowest BCUT2D eigenvalue weighted by Gasteiger charge is -2.19. The average molecular weight is 415 g/mol. The Labute approximate surface area is 183 Å². The number of aromatic nitrogens is 1. The summed E-state index contributed by atoms with van der Waals surface area (Å²) in [7, 11) is 0. The molecule has 0 spiro atoms. The fourth-order valence-corrected chi connectivity index (χ4v) is 3.81. The number of nitrogens with zero attached hydrogens (tertiary/aromatic N) is 2. The number of pyridine rings is 1. The van der Waals surface area contributed by atoms with Gasteiger partial charge in [-0.25, -0.2) is 4.99 Å². The third-order valence-corrected chi connectivity index (χ3v) is 5.87. The molecule has 3 aromatic rings. The highest BCUT2D eigenvalue weighted by atomic mass is 16.1. The number of aliphatic imine (C=N–C) groups is 1. The first-order valence-electron chi connectivity index (χ1n) is 11.0. The molecule has 0 saturated heterocycles. The fourth-order valence-electron chi connectivity index (χ4n) is 3.81. The van der Waals surface area contributed by atoms with E-state index in [0.717, 1.165) is 30.2 Å². The van der Waals surface area contributed by atoms with Gasteiger partial charge in [0.05, 0.1) is 13.1 Å². The van der Waals surface area contributed by atoms with Gasteiger partial charge in [0.1, 0.15) is 0 Å². The van der Waals surface area contributed by atoms with Gasteiger partial charge in [0.15, 0.2) is 5.96 Å². The standard InChI is InChI=1S/C26H30N4O/c1-2-27-25(29-20-26(15-16-26)23-8-4-3-5-9-23)28-18-21-11-13-22(14-12-21)19-30-17-7-6-10-24(30)31/h3-14,17H,2,15-16,18-20H2,1H3,(H2,27,28,29). The number of hydrogen-bond donors (Lipinski definition) is 2. The minimum absolute atomic E-state index is 0.0152. The third-order valence-electron chi connectivity index (χ3n) is 5.87. The second-order valence-corrected chi connectivity index (χ2v) is 8.18. The molecule has 0 radical (unpaired) electrons. The lowest BCUT2D eigenvalue weighted by molar-refractivity contribution is 0.646. The summed E-state index contributed by atoms with van der Waals surface area (Å²) in [6.45, 7) is 5.00. The molecule has 0 bridgehead atoms. The smallest absolute Gasteiger partial charge is 0.250 e. The summed E-state index contributed by atoms with van der Waals surface area (Å²) in [4.78, 5) is 16.7. The summed E-state index contributed by atoms with van der Waals surface area (Å²) in [6.07, 6.45) is 4.25. The molecule has 4 rings (SSSR count). The first-order chi connectivity index (χ1) is 15.2. The van der Waals surface area contributed by atoms with Crippen LogP contribution in [-0.4, -0.2) is 23.6 Å². The summed E-state index contributed by atoms with van der Waals surface area (Å²) in [5.74, 6) is 0.852. The average Bonchev–Trinajstić information content (AvgIpc) is 3.60. The van der Waals surface area contributed by atoms with Gasteiger partial charge >= 0.3 is 0 Å². The van der Waals surface area contributed by atoms with Crippen LogP contribution in [0.4, 0.5) is 0 Å². The first-order valence-corrected chi connectivity index (χ1v) is 11.0. The zero-order chi connectivity index (χ0) is 21.5. The van der Waals surface area contributed by atoms with Crippen molar-refractivity contribution in [2.45, 2.75) is 38.3 Å². The summed E-state index contributed by atoms with van der Waals surface area (Å²) in [5, 5.41) is 6.90. The van der Waals surface area contributed by atoms with Crippen LogP contribution in [0.3, 0.4) is 0 Å². The van der Waals surface area contributed by atoms with Crippen LogP contribution >= 0.6 is 0 Å². The highest BCUT2D eigenvalue weighted by Crippen LogP contribution is 2.47. The van der Waals surface area contributed by atoms with E-state index in [1.54, 1.807) is 16.7 Å². The van der Waals surface area contributed by atoms with Crippen LogP contribution in [0.5, 0.6) is 0 Å². The largest absolute Gasteiger partial charge is 0.357 e. The summed E-state index contributed by atoms with van der Waals surface area (Å²) >= 11 is 0. The molecule has 5 heteroatoms. The van der Waals surface area contributed by atoms with Crippen molar-refractivity contribution in [1.82, 2.24) is 15.2 Å². The van der Waals surface area contributed by atoms with Crippen molar-refractivity contribution in [2.75, 3.05) is 13.1 Å². The molecule has 0 amide bonds. The maximum absolute atomic E-state index is 11.9. The number of benzene rings is 2. The minimum atomic E-state index is 0.0152. The molecular formula is C26H30N4O. The van der Waals surface area contributed by atoms with E-state index in [0.29, 0.717) is 13.1 Å². The van der Waals surface area contributed by atoms with Gasteiger partial charge in [-0.3, -0.25) is 4.79 Å². The van der Waals surface area contributed by atoms with Crippen LogP contribution in [0.1, 0.15) is 36.5 Å². The molecule has 2 aromatic carbocycles. The van der Waals surface area contributed by atoms with Gasteiger partial charge in [0.2, 0.25) is 0 Å². The molecule has 0 unspecified atom stereocenters. The zero-order valence-corrected chi connectivity index (χ0v) is 18.1. The van der Waals surface area contributed by atoms with Gasteiger partial charge < -0.3 is 15.2 Å². The Morgan fingerprint density at radius 3 is 2.32 bits per heavy atom. The van der Waals surface area contributed by atoms with Crippen molar-refractivity contribution in [1.29, 1.82) is 0 Å². The second-order valence-electron chi connectivity index (χ2n) is 8.18. The molecule has 0 atom stereocenters. The Kier molecular flexibility index (Phi) is 6.51. The molecule has 5 nitrogen and oxygen atoms in total. The molecule has 2 N–H and O–H groups in total. The summed E-state index contributed by atoms with van der Waals surface area (Å²) < 4.78 is 1.71. The lowest BCUT2D eigenvalue weighted by atomic mass is 9.96. The number of guanidine groups is 1. The highest BCUT2D eigenvalue weighted by Gasteiger charge is 2.43. The Hall–Kier alpha value is -3.34. The van der Waals surface area contributed by atoms with E-state index in [-0.39, 0.29) is 11.0 Å². The second kappa shape index (κ2) is 9.65. The van der Waals surface area contributed by atoms with Crippen LogP contribution in [0.25, 0.3) is 0 Å². The number of rotatable bonds is 8. The van der Waals surface area contributed by atoms with Gasteiger partial charge in [0.25, 0.3) is 5.56 Å². The maximum Gasteiger partial charge on any atom is 0.250 e. The number of hydrogen-bond acceptors (Lipinski definition) is 2. The highest BCUT2D eigenvalue weighted by molar-refractivity contribution is 5.80. The summed E-state index contributed by atoms with van der Waals surface area (Å²) in [6, 6.07) is 24.3. The summed E-state index contributed by atoms with van der Waals surface area (Å²) in [5.41, 5.74) is 3.91. The molecular weight excluding hydrogens is 384 g/mol. The zero-order valence-electron chi connectivity index (χ0n) is 18.1. The predicted octanol–water partition coefficient (Wildman–Crippen LogP) is 3.68. The Bertz CT molecular complexity index is 1070. The topological polar surface area (TPSA) is 58.4 Å². The Morgan fingerprint density at radius 1 is 0.935 bits per heavy atom. The Morgan fingerprint density at radius 2 is 1.65 bits per heavy atom. The van der Waals surface area contributed by atoms with E-state index in [9.17, 15) is 4.79 Å². The fraction of sp³-hybridized carbons (Fsp3) is 0.308. The van der Waals surface area contributed by atoms with E-state index in [1.807, 2.05) is 12.3 Å².